The molecule has 0 unspecified atom stereocenters. The third kappa shape index (κ3) is 4.56. The van der Waals surface area contributed by atoms with E-state index in [0.717, 1.165) is 23.5 Å². The lowest BCUT2D eigenvalue weighted by Gasteiger charge is -2.10. The highest BCUT2D eigenvalue weighted by atomic mass is 16.5. The molecule has 0 spiro atoms. The molecule has 0 saturated carbocycles. The molecule has 112 valence electrons. The van der Waals surface area contributed by atoms with E-state index in [0.29, 0.717) is 13.1 Å². The van der Waals surface area contributed by atoms with Crippen LogP contribution < -0.4 is 15.4 Å². The summed E-state index contributed by atoms with van der Waals surface area (Å²) in [5.74, 6) is 1.57. The van der Waals surface area contributed by atoms with Crippen LogP contribution in [0.15, 0.2) is 41.0 Å². The van der Waals surface area contributed by atoms with Gasteiger partial charge in [0, 0.05) is 6.54 Å². The number of methoxy groups -OCH3 is 1. The number of furan rings is 1. The van der Waals surface area contributed by atoms with Crippen molar-refractivity contribution in [1.82, 2.24) is 10.6 Å². The maximum Gasteiger partial charge on any atom is 0.315 e. The number of amides is 2. The van der Waals surface area contributed by atoms with Crippen molar-refractivity contribution in [3.05, 3.63) is 53.5 Å². The Balaban J connectivity index is 1.76. The minimum atomic E-state index is -0.210. The number of hydrogen-bond donors (Lipinski definition) is 2. The molecule has 5 nitrogen and oxygen atoms in total. The molecule has 2 aromatic rings. The lowest BCUT2D eigenvalue weighted by Crippen LogP contribution is -2.36. The Bertz CT molecular complexity index is 579. The zero-order chi connectivity index (χ0) is 15.1. The molecule has 0 bridgehead atoms. The van der Waals surface area contributed by atoms with Crippen molar-refractivity contribution in [2.45, 2.75) is 19.9 Å². The Kier molecular flexibility index (Phi) is 5.26. The van der Waals surface area contributed by atoms with Crippen LogP contribution in [0.3, 0.4) is 0 Å². The molecule has 2 N–H and O–H groups in total. The zero-order valence-corrected chi connectivity index (χ0v) is 12.3. The second kappa shape index (κ2) is 7.38. The summed E-state index contributed by atoms with van der Waals surface area (Å²) >= 11 is 0. The summed E-state index contributed by atoms with van der Waals surface area (Å²) in [5, 5.41) is 5.55. The molecule has 2 rings (SSSR count). The predicted octanol–water partition coefficient (Wildman–Crippen LogP) is 2.64. The summed E-state index contributed by atoms with van der Waals surface area (Å²) in [6, 6.07) is 9.42. The van der Waals surface area contributed by atoms with Gasteiger partial charge in [0.25, 0.3) is 0 Å². The lowest BCUT2D eigenvalue weighted by molar-refractivity contribution is 0.239. The van der Waals surface area contributed by atoms with E-state index in [1.807, 2.05) is 25.1 Å². The number of rotatable bonds is 6. The number of carbonyl (C=O) groups excluding carboxylic acids is 1. The minimum Gasteiger partial charge on any atom is -0.496 e. The summed E-state index contributed by atoms with van der Waals surface area (Å²) in [6.45, 7) is 2.96. The van der Waals surface area contributed by atoms with Gasteiger partial charge in [0.05, 0.1) is 19.9 Å². The van der Waals surface area contributed by atoms with Gasteiger partial charge in [-0.25, -0.2) is 4.79 Å². The first-order valence-electron chi connectivity index (χ1n) is 6.86. The Hall–Kier alpha value is -2.43. The molecule has 1 heterocycles. The van der Waals surface area contributed by atoms with E-state index in [1.165, 1.54) is 5.56 Å². The van der Waals surface area contributed by atoms with E-state index in [2.05, 4.69) is 16.7 Å². The fourth-order valence-electron chi connectivity index (χ4n) is 2.06. The van der Waals surface area contributed by atoms with Crippen LogP contribution in [0.25, 0.3) is 0 Å². The smallest absolute Gasteiger partial charge is 0.315 e. The first kappa shape index (κ1) is 15.0. The van der Waals surface area contributed by atoms with E-state index >= 15 is 0 Å². The highest BCUT2D eigenvalue weighted by molar-refractivity contribution is 5.73. The molecule has 0 atom stereocenters. The number of ether oxygens (including phenoxy) is 1. The van der Waals surface area contributed by atoms with Crippen LogP contribution >= 0.6 is 0 Å². The average Bonchev–Trinajstić information content (AvgIpc) is 2.99. The van der Waals surface area contributed by atoms with E-state index in [1.54, 1.807) is 19.4 Å². The minimum absolute atomic E-state index is 0.210. The van der Waals surface area contributed by atoms with Crippen LogP contribution in [0, 0.1) is 6.92 Å². The van der Waals surface area contributed by atoms with Gasteiger partial charge in [-0.05, 0) is 37.1 Å². The second-order valence-electron chi connectivity index (χ2n) is 4.75. The highest BCUT2D eigenvalue weighted by Gasteiger charge is 2.05. The fourth-order valence-corrected chi connectivity index (χ4v) is 2.06. The van der Waals surface area contributed by atoms with Gasteiger partial charge in [-0.3, -0.25) is 0 Å². The maximum absolute atomic E-state index is 11.7. The van der Waals surface area contributed by atoms with Crippen LogP contribution in [0.1, 0.15) is 16.9 Å². The first-order valence-corrected chi connectivity index (χ1v) is 6.86. The van der Waals surface area contributed by atoms with E-state index in [9.17, 15) is 4.79 Å². The summed E-state index contributed by atoms with van der Waals surface area (Å²) in [5.41, 5.74) is 2.26. The van der Waals surface area contributed by atoms with E-state index in [4.69, 9.17) is 9.15 Å². The molecule has 5 heteroatoms. The molecule has 0 radical (unpaired) electrons. The van der Waals surface area contributed by atoms with Gasteiger partial charge >= 0.3 is 6.03 Å². The van der Waals surface area contributed by atoms with Crippen molar-refractivity contribution in [2.24, 2.45) is 0 Å². The molecule has 21 heavy (non-hydrogen) atoms. The third-order valence-electron chi connectivity index (χ3n) is 3.12. The molecule has 0 aliphatic carbocycles. The zero-order valence-electron chi connectivity index (χ0n) is 12.3. The molecular weight excluding hydrogens is 268 g/mol. The van der Waals surface area contributed by atoms with Crippen molar-refractivity contribution in [3.8, 4) is 5.75 Å². The van der Waals surface area contributed by atoms with Crippen molar-refractivity contribution < 1.29 is 13.9 Å². The van der Waals surface area contributed by atoms with Gasteiger partial charge in [-0.1, -0.05) is 17.7 Å². The first-order chi connectivity index (χ1) is 10.2. The van der Waals surface area contributed by atoms with E-state index < -0.39 is 0 Å². The van der Waals surface area contributed by atoms with Gasteiger partial charge in [0.2, 0.25) is 0 Å². The summed E-state index contributed by atoms with van der Waals surface area (Å²) in [7, 11) is 1.65. The average molecular weight is 288 g/mol. The number of hydrogen-bond acceptors (Lipinski definition) is 3. The topological polar surface area (TPSA) is 63.5 Å². The van der Waals surface area contributed by atoms with Crippen LogP contribution in [0.5, 0.6) is 5.75 Å². The molecule has 0 aliphatic rings. The monoisotopic (exact) mass is 288 g/mol. The van der Waals surface area contributed by atoms with Crippen molar-refractivity contribution in [2.75, 3.05) is 13.7 Å². The quantitative estimate of drug-likeness (QED) is 0.859. The molecular formula is C16H20N2O3. The lowest BCUT2D eigenvalue weighted by atomic mass is 10.1. The van der Waals surface area contributed by atoms with Crippen molar-refractivity contribution >= 4 is 6.03 Å². The Morgan fingerprint density at radius 1 is 1.29 bits per heavy atom. The van der Waals surface area contributed by atoms with Crippen LogP contribution in [-0.4, -0.2) is 19.7 Å². The van der Waals surface area contributed by atoms with Gasteiger partial charge in [0.1, 0.15) is 11.5 Å². The number of aryl methyl sites for hydroxylation is 1. The van der Waals surface area contributed by atoms with Crippen molar-refractivity contribution in [1.29, 1.82) is 0 Å². The van der Waals surface area contributed by atoms with Gasteiger partial charge in [-0.2, -0.15) is 0 Å². The van der Waals surface area contributed by atoms with E-state index in [-0.39, 0.29) is 6.03 Å². The normalized spacial score (nSPS) is 10.2. The maximum atomic E-state index is 11.7. The number of benzene rings is 1. The van der Waals surface area contributed by atoms with Gasteiger partial charge < -0.3 is 19.8 Å². The summed E-state index contributed by atoms with van der Waals surface area (Å²) in [6.07, 6.45) is 2.30. The predicted molar refractivity (Wildman–Crippen MR) is 80.4 cm³/mol. The van der Waals surface area contributed by atoms with Crippen LogP contribution in [0.4, 0.5) is 4.79 Å². The van der Waals surface area contributed by atoms with Gasteiger partial charge in [-0.15, -0.1) is 0 Å². The van der Waals surface area contributed by atoms with Crippen LogP contribution in [0.2, 0.25) is 0 Å². The van der Waals surface area contributed by atoms with Gasteiger partial charge in [0.15, 0.2) is 0 Å². The molecule has 0 saturated heterocycles. The largest absolute Gasteiger partial charge is 0.496 e. The molecule has 1 aromatic heterocycles. The molecule has 0 aliphatic heterocycles. The molecule has 2 amide bonds. The summed E-state index contributed by atoms with van der Waals surface area (Å²) in [4.78, 5) is 11.7. The number of carbonyl (C=O) groups is 1. The molecule has 0 fully saturated rings. The SMILES string of the molecule is COc1ccc(C)cc1CCNC(=O)NCc1ccco1. The highest BCUT2D eigenvalue weighted by Crippen LogP contribution is 2.19. The number of nitrogens with one attached hydrogen (secondary N) is 2. The second-order valence-corrected chi connectivity index (χ2v) is 4.75. The third-order valence-corrected chi connectivity index (χ3v) is 3.12. The van der Waals surface area contributed by atoms with Crippen molar-refractivity contribution in [3.63, 3.8) is 0 Å². The number of urea groups is 1. The standard InChI is InChI=1S/C16H20N2O3/c1-12-5-6-15(20-2)13(10-12)7-8-17-16(19)18-11-14-4-3-9-21-14/h3-6,9-10H,7-8,11H2,1-2H3,(H2,17,18,19). The Morgan fingerprint density at radius 2 is 2.14 bits per heavy atom. The summed E-state index contributed by atoms with van der Waals surface area (Å²) < 4.78 is 10.5. The Labute approximate surface area is 124 Å². The molecule has 1 aromatic carbocycles. The van der Waals surface area contributed by atoms with Crippen LogP contribution in [-0.2, 0) is 13.0 Å². The Morgan fingerprint density at radius 3 is 2.86 bits per heavy atom. The fraction of sp³-hybridized carbons (Fsp3) is 0.312.